The molecule has 3 aromatic rings. The number of hydrogen-bond acceptors (Lipinski definition) is 7. The predicted molar refractivity (Wildman–Crippen MR) is 108 cm³/mol. The number of aryl methyl sites for hydroxylation is 1. The number of rotatable bonds is 6. The molecule has 4 heterocycles. The van der Waals surface area contributed by atoms with E-state index < -0.39 is 0 Å². The Balaban J connectivity index is 1.37. The zero-order chi connectivity index (χ0) is 20.2. The number of methoxy groups -OCH3 is 1. The largest absolute Gasteiger partial charge is 0.422 e. The van der Waals surface area contributed by atoms with Crippen molar-refractivity contribution in [1.29, 1.82) is 0 Å². The first-order valence-corrected chi connectivity index (χ1v) is 9.83. The Morgan fingerprint density at radius 3 is 2.83 bits per heavy atom. The van der Waals surface area contributed by atoms with Crippen LogP contribution >= 0.6 is 0 Å². The molecule has 1 N–H and O–H groups in total. The number of hydrogen-bond donors (Lipinski definition) is 1. The van der Waals surface area contributed by atoms with Gasteiger partial charge in [-0.3, -0.25) is 9.78 Å². The highest BCUT2D eigenvalue weighted by Crippen LogP contribution is 2.26. The molecule has 29 heavy (non-hydrogen) atoms. The molecule has 152 valence electrons. The lowest BCUT2D eigenvalue weighted by Gasteiger charge is -2.31. The van der Waals surface area contributed by atoms with E-state index in [1.807, 2.05) is 37.3 Å². The van der Waals surface area contributed by atoms with Gasteiger partial charge in [-0.05, 0) is 44.0 Å². The number of nitrogens with zero attached hydrogens (tertiary/aromatic N) is 4. The second-order valence-corrected chi connectivity index (χ2v) is 7.30. The van der Waals surface area contributed by atoms with Crippen LogP contribution in [0.1, 0.15) is 30.3 Å². The van der Waals surface area contributed by atoms with E-state index >= 15 is 0 Å². The molecule has 4 rings (SSSR count). The van der Waals surface area contributed by atoms with Gasteiger partial charge in [0.25, 0.3) is 6.01 Å². The van der Waals surface area contributed by atoms with Gasteiger partial charge in [-0.15, -0.1) is 0 Å². The van der Waals surface area contributed by atoms with Crippen LogP contribution in [0, 0.1) is 12.8 Å². The van der Waals surface area contributed by atoms with Crippen LogP contribution < -0.4 is 10.2 Å². The van der Waals surface area contributed by atoms with Gasteiger partial charge < -0.3 is 19.4 Å². The van der Waals surface area contributed by atoms with E-state index in [4.69, 9.17) is 9.15 Å². The molecular formula is C21H25N5O3. The monoisotopic (exact) mass is 395 g/mol. The summed E-state index contributed by atoms with van der Waals surface area (Å²) in [5.74, 6) is -0.0220. The number of carbonyl (C=O) groups is 1. The third-order valence-electron chi connectivity index (χ3n) is 5.21. The summed E-state index contributed by atoms with van der Waals surface area (Å²) < 4.78 is 11.1. The van der Waals surface area contributed by atoms with E-state index in [0.717, 1.165) is 24.2 Å². The van der Waals surface area contributed by atoms with Gasteiger partial charge in [0, 0.05) is 38.0 Å². The fourth-order valence-electron chi connectivity index (χ4n) is 3.61. The highest BCUT2D eigenvalue weighted by atomic mass is 16.5. The average molecular weight is 395 g/mol. The summed E-state index contributed by atoms with van der Waals surface area (Å²) in [6.07, 6.45) is 3.19. The summed E-state index contributed by atoms with van der Waals surface area (Å²) in [5, 5.41) is 3.09. The maximum absolute atomic E-state index is 12.8. The van der Waals surface area contributed by atoms with Crippen molar-refractivity contribution in [1.82, 2.24) is 20.3 Å². The Bertz CT molecular complexity index is 967. The van der Waals surface area contributed by atoms with E-state index in [9.17, 15) is 4.79 Å². The van der Waals surface area contributed by atoms with Crippen molar-refractivity contribution in [2.45, 2.75) is 25.8 Å². The third-order valence-corrected chi connectivity index (χ3v) is 5.21. The zero-order valence-electron chi connectivity index (χ0n) is 16.7. The lowest BCUT2D eigenvalue weighted by molar-refractivity contribution is -0.126. The molecule has 1 aliphatic heterocycles. The number of fused-ring (bicyclic) bond motifs is 1. The molecule has 0 bridgehead atoms. The zero-order valence-corrected chi connectivity index (χ0v) is 16.7. The van der Waals surface area contributed by atoms with E-state index in [-0.39, 0.29) is 17.9 Å². The van der Waals surface area contributed by atoms with E-state index in [1.165, 1.54) is 0 Å². The number of nitrogens with one attached hydrogen (secondary N) is 1. The Labute approximate surface area is 169 Å². The average Bonchev–Trinajstić information content (AvgIpc) is 3.17. The second kappa shape index (κ2) is 8.57. The number of carbonyl (C=O) groups excluding carboxylic acids is 1. The molecule has 0 aromatic carbocycles. The minimum Gasteiger partial charge on any atom is -0.422 e. The number of pyridine rings is 2. The minimum absolute atomic E-state index is 0.0345. The van der Waals surface area contributed by atoms with Gasteiger partial charge in [0.2, 0.25) is 11.6 Å². The molecule has 1 amide bonds. The highest BCUT2D eigenvalue weighted by molar-refractivity contribution is 5.79. The van der Waals surface area contributed by atoms with E-state index in [1.54, 1.807) is 13.3 Å². The molecule has 0 radical (unpaired) electrons. The lowest BCUT2D eigenvalue weighted by atomic mass is 9.95. The number of amides is 1. The molecule has 0 aliphatic carbocycles. The van der Waals surface area contributed by atoms with Gasteiger partial charge in [0.1, 0.15) is 0 Å². The molecule has 3 aromatic heterocycles. The standard InChI is InChI=1S/C21H25N5O3/c1-14-6-7-18-19(23-14)25-21(29-18)26-11-8-15(9-12-26)20(27)24-17(13-28-2)16-5-3-4-10-22-16/h3-7,10,15,17H,8-9,11-13H2,1-2H3,(H,24,27). The SMILES string of the molecule is COCC(NC(=O)C1CCN(c2nc3nc(C)ccc3o2)CC1)c1ccccn1. The van der Waals surface area contributed by atoms with E-state index in [2.05, 4.69) is 25.2 Å². The second-order valence-electron chi connectivity index (χ2n) is 7.30. The topological polar surface area (TPSA) is 93.4 Å². The summed E-state index contributed by atoms with van der Waals surface area (Å²) in [4.78, 5) is 28.1. The molecule has 1 atom stereocenters. The predicted octanol–water partition coefficient (Wildman–Crippen LogP) is 2.65. The molecule has 0 saturated carbocycles. The fraction of sp³-hybridized carbons (Fsp3) is 0.429. The van der Waals surface area contributed by atoms with Gasteiger partial charge in [0.05, 0.1) is 18.3 Å². The number of ether oxygens (including phenoxy) is 1. The smallest absolute Gasteiger partial charge is 0.299 e. The van der Waals surface area contributed by atoms with Crippen LogP contribution in [-0.4, -0.2) is 47.7 Å². The molecular weight excluding hydrogens is 370 g/mol. The summed E-state index contributed by atoms with van der Waals surface area (Å²) in [7, 11) is 1.62. The van der Waals surface area contributed by atoms with Crippen LogP contribution in [0.25, 0.3) is 11.2 Å². The lowest BCUT2D eigenvalue weighted by Crippen LogP contribution is -2.42. The maximum atomic E-state index is 12.8. The molecule has 8 nitrogen and oxygen atoms in total. The van der Waals surface area contributed by atoms with Gasteiger partial charge in [-0.1, -0.05) is 6.07 Å². The summed E-state index contributed by atoms with van der Waals surface area (Å²) in [6, 6.07) is 9.78. The van der Waals surface area contributed by atoms with Crippen molar-refractivity contribution in [2.75, 3.05) is 31.7 Å². The van der Waals surface area contributed by atoms with Gasteiger partial charge in [0.15, 0.2) is 5.58 Å². The first-order valence-electron chi connectivity index (χ1n) is 9.83. The normalized spacial score (nSPS) is 16.1. The quantitative estimate of drug-likeness (QED) is 0.686. The molecule has 1 unspecified atom stereocenters. The molecule has 1 saturated heterocycles. The summed E-state index contributed by atoms with van der Waals surface area (Å²) in [6.45, 7) is 3.74. The Hall–Kier alpha value is -3.00. The maximum Gasteiger partial charge on any atom is 0.299 e. The summed E-state index contributed by atoms with van der Waals surface area (Å²) in [5.41, 5.74) is 3.02. The van der Waals surface area contributed by atoms with Crippen LogP contribution in [0.4, 0.5) is 6.01 Å². The molecule has 8 heteroatoms. The third kappa shape index (κ3) is 4.37. The van der Waals surface area contributed by atoms with Gasteiger partial charge in [-0.2, -0.15) is 4.98 Å². The highest BCUT2D eigenvalue weighted by Gasteiger charge is 2.29. The molecule has 0 spiro atoms. The molecule has 1 fully saturated rings. The Kier molecular flexibility index (Phi) is 5.71. The van der Waals surface area contributed by atoms with E-state index in [0.29, 0.717) is 36.9 Å². The van der Waals surface area contributed by atoms with Crippen molar-refractivity contribution in [3.63, 3.8) is 0 Å². The summed E-state index contributed by atoms with van der Waals surface area (Å²) >= 11 is 0. The van der Waals surface area contributed by atoms with Crippen LogP contribution in [0.15, 0.2) is 40.9 Å². The Morgan fingerprint density at radius 1 is 1.28 bits per heavy atom. The van der Waals surface area contributed by atoms with Crippen molar-refractivity contribution < 1.29 is 13.9 Å². The first kappa shape index (κ1) is 19.3. The van der Waals surface area contributed by atoms with Crippen LogP contribution in [0.3, 0.4) is 0 Å². The van der Waals surface area contributed by atoms with Crippen molar-refractivity contribution >= 4 is 23.2 Å². The number of piperidine rings is 1. The number of aromatic nitrogens is 3. The van der Waals surface area contributed by atoms with Crippen LogP contribution in [-0.2, 0) is 9.53 Å². The number of oxazole rings is 1. The number of anilines is 1. The van der Waals surface area contributed by atoms with Crippen molar-refractivity contribution in [3.8, 4) is 0 Å². The fourth-order valence-corrected chi connectivity index (χ4v) is 3.61. The van der Waals surface area contributed by atoms with Crippen molar-refractivity contribution in [2.24, 2.45) is 5.92 Å². The van der Waals surface area contributed by atoms with Gasteiger partial charge >= 0.3 is 0 Å². The van der Waals surface area contributed by atoms with Crippen LogP contribution in [0.5, 0.6) is 0 Å². The minimum atomic E-state index is -0.252. The van der Waals surface area contributed by atoms with Gasteiger partial charge in [-0.25, -0.2) is 4.98 Å². The first-order chi connectivity index (χ1) is 14.1. The van der Waals surface area contributed by atoms with Crippen molar-refractivity contribution in [3.05, 3.63) is 47.9 Å². The Morgan fingerprint density at radius 2 is 2.10 bits per heavy atom. The van der Waals surface area contributed by atoms with Crippen LogP contribution in [0.2, 0.25) is 0 Å². The molecule has 1 aliphatic rings.